The van der Waals surface area contributed by atoms with Gasteiger partial charge in [0.05, 0.1) is 16.9 Å². The van der Waals surface area contributed by atoms with Gasteiger partial charge >= 0.3 is 0 Å². The van der Waals surface area contributed by atoms with Crippen LogP contribution in [0.3, 0.4) is 0 Å². The molecule has 1 unspecified atom stereocenters. The van der Waals surface area contributed by atoms with Crippen LogP contribution in [0.5, 0.6) is 0 Å². The van der Waals surface area contributed by atoms with Crippen LogP contribution in [-0.2, 0) is 0 Å². The van der Waals surface area contributed by atoms with E-state index in [4.69, 9.17) is 0 Å². The van der Waals surface area contributed by atoms with Gasteiger partial charge in [-0.3, -0.25) is 4.79 Å². The van der Waals surface area contributed by atoms with E-state index >= 15 is 0 Å². The Bertz CT molecular complexity index is 1060. The maximum atomic E-state index is 14.4. The third-order valence-electron chi connectivity index (χ3n) is 5.59. The van der Waals surface area contributed by atoms with Crippen LogP contribution in [0.2, 0.25) is 0 Å². The summed E-state index contributed by atoms with van der Waals surface area (Å²) in [6.07, 6.45) is 5.65. The fourth-order valence-corrected chi connectivity index (χ4v) is 4.01. The second-order valence-corrected chi connectivity index (χ2v) is 7.53. The molecule has 3 heterocycles. The number of benzene rings is 1. The Labute approximate surface area is 182 Å². The molecule has 158 valence electrons. The van der Waals surface area contributed by atoms with Gasteiger partial charge in [-0.15, -0.1) is 12.4 Å². The highest BCUT2D eigenvalue weighted by molar-refractivity contribution is 6.07. The molecule has 1 fully saturated rings. The van der Waals surface area contributed by atoms with Gasteiger partial charge in [0.2, 0.25) is 0 Å². The fraction of sp³-hybridized carbons (Fsp3) is 0.348. The highest BCUT2D eigenvalue weighted by Crippen LogP contribution is 2.32. The van der Waals surface area contributed by atoms with E-state index in [1.54, 1.807) is 24.4 Å². The second kappa shape index (κ2) is 9.39. The summed E-state index contributed by atoms with van der Waals surface area (Å²) in [7, 11) is 0. The molecule has 5 nitrogen and oxygen atoms in total. The normalized spacial score (nSPS) is 16.2. The van der Waals surface area contributed by atoms with Crippen LogP contribution >= 0.6 is 12.4 Å². The molecule has 3 aromatic rings. The minimum Gasteiger partial charge on any atom is -0.352 e. The Hall–Kier alpha value is -2.73. The van der Waals surface area contributed by atoms with Gasteiger partial charge in [-0.2, -0.15) is 0 Å². The minimum atomic E-state index is -0.375. The number of rotatable bonds is 4. The average molecular weight is 429 g/mol. The number of nitrogens with one attached hydrogen (secondary N) is 1. The Morgan fingerprint density at radius 3 is 2.80 bits per heavy atom. The highest BCUT2D eigenvalue weighted by Gasteiger charge is 2.29. The van der Waals surface area contributed by atoms with Gasteiger partial charge in [0.15, 0.2) is 5.65 Å². The van der Waals surface area contributed by atoms with Gasteiger partial charge in [0.1, 0.15) is 5.82 Å². The smallest absolute Gasteiger partial charge is 0.257 e. The molecular formula is C23H26ClFN4O. The fourth-order valence-electron chi connectivity index (χ4n) is 4.01. The first-order valence-corrected chi connectivity index (χ1v) is 10.2. The van der Waals surface area contributed by atoms with Crippen molar-refractivity contribution < 1.29 is 9.18 Å². The summed E-state index contributed by atoms with van der Waals surface area (Å²) in [6.45, 7) is 4.74. The van der Waals surface area contributed by atoms with Crippen molar-refractivity contribution in [1.82, 2.24) is 14.9 Å². The number of fused-ring (bicyclic) bond motifs is 1. The maximum Gasteiger partial charge on any atom is 0.257 e. The van der Waals surface area contributed by atoms with E-state index < -0.39 is 0 Å². The van der Waals surface area contributed by atoms with E-state index in [1.165, 1.54) is 6.07 Å². The summed E-state index contributed by atoms with van der Waals surface area (Å²) >= 11 is 0. The molecule has 1 aromatic carbocycles. The summed E-state index contributed by atoms with van der Waals surface area (Å²) in [4.78, 5) is 24.4. The molecular weight excluding hydrogens is 403 g/mol. The summed E-state index contributed by atoms with van der Waals surface area (Å²) in [5, 5.41) is 3.86. The van der Waals surface area contributed by atoms with E-state index in [0.29, 0.717) is 28.0 Å². The number of carbonyl (C=O) groups is 1. The van der Waals surface area contributed by atoms with Crippen LogP contribution in [0.1, 0.15) is 48.7 Å². The number of nitrogens with zero attached hydrogens (tertiary/aromatic N) is 3. The molecule has 1 saturated heterocycles. The Kier molecular flexibility index (Phi) is 6.87. The quantitative estimate of drug-likeness (QED) is 0.583. The maximum absolute atomic E-state index is 14.4. The topological polar surface area (TPSA) is 58.1 Å². The Morgan fingerprint density at radius 1 is 1.23 bits per heavy atom. The summed E-state index contributed by atoms with van der Waals surface area (Å²) in [6, 6.07) is 10.4. The molecule has 0 radical (unpaired) electrons. The number of amides is 1. The molecule has 1 N–H and O–H groups in total. The Morgan fingerprint density at radius 2 is 2.03 bits per heavy atom. The lowest BCUT2D eigenvalue weighted by Gasteiger charge is -2.35. The number of aromatic nitrogens is 2. The molecule has 0 aliphatic carbocycles. The minimum absolute atomic E-state index is 0. The van der Waals surface area contributed by atoms with Crippen molar-refractivity contribution in [2.24, 2.45) is 0 Å². The number of para-hydroxylation sites is 1. The number of aryl methyl sites for hydroxylation is 1. The summed E-state index contributed by atoms with van der Waals surface area (Å²) < 4.78 is 14.4. The SMILES string of the molecule is CCC1CCCCN1C(=O)c1cnc2nc(C)ccc2c1Nc1ccccc1F.Cl. The molecule has 2 aromatic heterocycles. The molecule has 0 saturated carbocycles. The van der Waals surface area contributed by atoms with Crippen LogP contribution in [0, 0.1) is 12.7 Å². The van der Waals surface area contributed by atoms with E-state index in [9.17, 15) is 9.18 Å². The van der Waals surface area contributed by atoms with E-state index in [1.807, 2.05) is 24.0 Å². The van der Waals surface area contributed by atoms with E-state index in [-0.39, 0.29) is 30.2 Å². The number of anilines is 2. The van der Waals surface area contributed by atoms with Crippen LogP contribution in [0.4, 0.5) is 15.8 Å². The first-order chi connectivity index (χ1) is 14.1. The Balaban J connectivity index is 0.00000256. The zero-order valence-electron chi connectivity index (χ0n) is 17.2. The van der Waals surface area contributed by atoms with Crippen LogP contribution in [-0.4, -0.2) is 33.4 Å². The van der Waals surface area contributed by atoms with Gasteiger partial charge in [-0.05, 0) is 56.9 Å². The predicted octanol–water partition coefficient (Wildman–Crippen LogP) is 5.65. The molecule has 1 amide bonds. The average Bonchev–Trinajstić information content (AvgIpc) is 2.74. The number of halogens is 2. The van der Waals surface area contributed by atoms with Gasteiger partial charge in [0, 0.05) is 29.9 Å². The molecule has 30 heavy (non-hydrogen) atoms. The number of likely N-dealkylation sites (tertiary alicyclic amines) is 1. The lowest BCUT2D eigenvalue weighted by Crippen LogP contribution is -2.43. The zero-order chi connectivity index (χ0) is 20.4. The van der Waals surface area contributed by atoms with Gasteiger partial charge in [0.25, 0.3) is 5.91 Å². The van der Waals surface area contributed by atoms with Crippen LogP contribution in [0.25, 0.3) is 11.0 Å². The van der Waals surface area contributed by atoms with Gasteiger partial charge in [-0.1, -0.05) is 19.1 Å². The number of piperidine rings is 1. The predicted molar refractivity (Wildman–Crippen MR) is 120 cm³/mol. The lowest BCUT2D eigenvalue weighted by molar-refractivity contribution is 0.0609. The number of carbonyl (C=O) groups excluding carboxylic acids is 1. The van der Waals surface area contributed by atoms with Crippen molar-refractivity contribution in [2.75, 3.05) is 11.9 Å². The van der Waals surface area contributed by atoms with Crippen molar-refractivity contribution in [3.63, 3.8) is 0 Å². The summed E-state index contributed by atoms with van der Waals surface area (Å²) in [5.41, 5.74) is 2.69. The van der Waals surface area contributed by atoms with Crippen molar-refractivity contribution in [3.8, 4) is 0 Å². The van der Waals surface area contributed by atoms with Crippen molar-refractivity contribution in [3.05, 3.63) is 59.7 Å². The largest absolute Gasteiger partial charge is 0.352 e. The lowest BCUT2D eigenvalue weighted by atomic mass is 9.98. The first kappa shape index (κ1) is 22.0. The highest BCUT2D eigenvalue weighted by atomic mass is 35.5. The van der Waals surface area contributed by atoms with Gasteiger partial charge < -0.3 is 10.2 Å². The standard InChI is InChI=1S/C23H25FN4O.ClH/c1-3-16-8-6-7-13-28(16)23(29)18-14-25-22-17(12-11-15(2)26-22)21(18)27-20-10-5-4-9-19(20)24;/h4-5,9-12,14,16H,3,6-8,13H2,1-2H3,(H,25,26,27);1H. The van der Waals surface area contributed by atoms with E-state index in [2.05, 4.69) is 22.2 Å². The number of pyridine rings is 2. The van der Waals surface area contributed by atoms with Crippen LogP contribution < -0.4 is 5.32 Å². The third-order valence-corrected chi connectivity index (χ3v) is 5.59. The van der Waals surface area contributed by atoms with E-state index in [0.717, 1.165) is 37.9 Å². The van der Waals surface area contributed by atoms with Crippen molar-refractivity contribution in [1.29, 1.82) is 0 Å². The number of hydrogen-bond donors (Lipinski definition) is 1. The van der Waals surface area contributed by atoms with Crippen molar-refractivity contribution >= 4 is 40.7 Å². The second-order valence-electron chi connectivity index (χ2n) is 7.53. The number of hydrogen-bond acceptors (Lipinski definition) is 4. The zero-order valence-corrected chi connectivity index (χ0v) is 18.0. The molecule has 4 rings (SSSR count). The molecule has 1 aliphatic rings. The third kappa shape index (κ3) is 4.24. The monoisotopic (exact) mass is 428 g/mol. The van der Waals surface area contributed by atoms with Crippen molar-refractivity contribution in [2.45, 2.75) is 45.6 Å². The molecule has 0 spiro atoms. The summed E-state index contributed by atoms with van der Waals surface area (Å²) in [5.74, 6) is -0.439. The first-order valence-electron chi connectivity index (χ1n) is 10.2. The molecule has 7 heteroatoms. The molecule has 1 aliphatic heterocycles. The molecule has 1 atom stereocenters. The van der Waals surface area contributed by atoms with Gasteiger partial charge in [-0.25, -0.2) is 14.4 Å². The molecule has 0 bridgehead atoms. The van der Waals surface area contributed by atoms with Crippen LogP contribution in [0.15, 0.2) is 42.6 Å².